The van der Waals surface area contributed by atoms with Gasteiger partial charge in [-0.3, -0.25) is 4.90 Å². The Morgan fingerprint density at radius 3 is 2.91 bits per heavy atom. The molecular weight excluding hydrogens is 292 g/mol. The summed E-state index contributed by atoms with van der Waals surface area (Å²) in [6.07, 6.45) is 2.23. The first-order valence-electron chi connectivity index (χ1n) is 8.22. The van der Waals surface area contributed by atoms with Gasteiger partial charge in [0.1, 0.15) is 5.76 Å². The van der Waals surface area contributed by atoms with E-state index in [2.05, 4.69) is 10.1 Å². The van der Waals surface area contributed by atoms with Gasteiger partial charge in [-0.1, -0.05) is 17.3 Å². The molecule has 1 N–H and O–H groups in total. The molecule has 1 aliphatic rings. The predicted octanol–water partition coefficient (Wildman–Crippen LogP) is 3.73. The molecule has 1 aliphatic heterocycles. The highest BCUT2D eigenvalue weighted by molar-refractivity contribution is 5.45. The second kappa shape index (κ2) is 6.62. The highest BCUT2D eigenvalue weighted by Crippen LogP contribution is 2.38. The van der Waals surface area contributed by atoms with Crippen molar-refractivity contribution in [2.24, 2.45) is 0 Å². The largest absolute Gasteiger partial charge is 0.504 e. The third-order valence-corrected chi connectivity index (χ3v) is 4.54. The lowest BCUT2D eigenvalue weighted by Gasteiger charge is -2.25. The fourth-order valence-electron chi connectivity index (χ4n) is 3.49. The van der Waals surface area contributed by atoms with Crippen LogP contribution in [0, 0.1) is 13.8 Å². The highest BCUT2D eigenvalue weighted by atomic mass is 16.5. The van der Waals surface area contributed by atoms with Gasteiger partial charge in [0.05, 0.1) is 12.3 Å². The normalized spacial score (nSPS) is 18.5. The summed E-state index contributed by atoms with van der Waals surface area (Å²) in [5, 5.41) is 14.5. The topological polar surface area (TPSA) is 58.7 Å². The van der Waals surface area contributed by atoms with Crippen molar-refractivity contribution in [3.8, 4) is 11.5 Å². The first-order chi connectivity index (χ1) is 11.1. The van der Waals surface area contributed by atoms with Crippen molar-refractivity contribution in [1.29, 1.82) is 0 Å². The zero-order chi connectivity index (χ0) is 16.4. The van der Waals surface area contributed by atoms with Gasteiger partial charge in [0.25, 0.3) is 0 Å². The lowest BCUT2D eigenvalue weighted by molar-refractivity contribution is 0.240. The number of aryl methyl sites for hydroxylation is 2. The molecule has 0 bridgehead atoms. The van der Waals surface area contributed by atoms with Crippen LogP contribution in [0.3, 0.4) is 0 Å². The predicted molar refractivity (Wildman–Crippen MR) is 87.6 cm³/mol. The molecule has 1 aromatic carbocycles. The molecule has 0 amide bonds. The maximum atomic E-state index is 10.4. The number of benzene rings is 1. The fourth-order valence-corrected chi connectivity index (χ4v) is 3.49. The SMILES string of the molecule is CCOc1cccc(CN2CCCC2c2c(C)noc2C)c1O. The number of rotatable bonds is 5. The van der Waals surface area contributed by atoms with Crippen LogP contribution in [0.25, 0.3) is 0 Å². The van der Waals surface area contributed by atoms with Crippen molar-refractivity contribution in [2.75, 3.05) is 13.2 Å². The van der Waals surface area contributed by atoms with Gasteiger partial charge in [0.15, 0.2) is 11.5 Å². The van der Waals surface area contributed by atoms with Gasteiger partial charge in [-0.05, 0) is 46.2 Å². The average Bonchev–Trinajstić information content (AvgIpc) is 3.10. The smallest absolute Gasteiger partial charge is 0.162 e. The molecule has 1 unspecified atom stereocenters. The molecule has 1 aromatic heterocycles. The van der Waals surface area contributed by atoms with Gasteiger partial charge >= 0.3 is 0 Å². The number of likely N-dealkylation sites (tertiary alicyclic amines) is 1. The summed E-state index contributed by atoms with van der Waals surface area (Å²) < 4.78 is 10.8. The molecule has 2 aromatic rings. The Kier molecular flexibility index (Phi) is 4.57. The van der Waals surface area contributed by atoms with Crippen molar-refractivity contribution < 1.29 is 14.4 Å². The number of phenols is 1. The summed E-state index contributed by atoms with van der Waals surface area (Å²) in [6.45, 7) is 8.13. The van der Waals surface area contributed by atoms with Crippen LogP contribution >= 0.6 is 0 Å². The minimum atomic E-state index is 0.249. The number of hydrogen-bond acceptors (Lipinski definition) is 5. The molecule has 1 fully saturated rings. The molecular formula is C18H24N2O3. The summed E-state index contributed by atoms with van der Waals surface area (Å²) in [6, 6.07) is 6.00. The Labute approximate surface area is 136 Å². The number of nitrogens with zero attached hydrogens (tertiary/aromatic N) is 2. The maximum absolute atomic E-state index is 10.4. The third-order valence-electron chi connectivity index (χ3n) is 4.54. The van der Waals surface area contributed by atoms with E-state index in [1.54, 1.807) is 6.07 Å². The standard InChI is InChI=1S/C18H24N2O3/c1-4-22-16-9-5-7-14(18(16)21)11-20-10-6-8-15(20)17-12(2)19-23-13(17)3/h5,7,9,15,21H,4,6,8,10-11H2,1-3H3. The molecule has 5 nitrogen and oxygen atoms in total. The van der Waals surface area contributed by atoms with E-state index >= 15 is 0 Å². The van der Waals surface area contributed by atoms with Gasteiger partial charge in [-0.25, -0.2) is 0 Å². The molecule has 0 saturated carbocycles. The minimum absolute atomic E-state index is 0.249. The first-order valence-corrected chi connectivity index (χ1v) is 8.22. The van der Waals surface area contributed by atoms with Crippen LogP contribution in [0.1, 0.15) is 48.4 Å². The van der Waals surface area contributed by atoms with E-state index in [0.29, 0.717) is 24.9 Å². The molecule has 1 atom stereocenters. The number of phenolic OH excluding ortho intramolecular Hbond substituents is 1. The second-order valence-corrected chi connectivity index (χ2v) is 6.06. The lowest BCUT2D eigenvalue weighted by Crippen LogP contribution is -2.23. The first kappa shape index (κ1) is 15.9. The van der Waals surface area contributed by atoms with E-state index in [0.717, 1.165) is 36.4 Å². The molecule has 23 heavy (non-hydrogen) atoms. The van der Waals surface area contributed by atoms with Crippen molar-refractivity contribution in [1.82, 2.24) is 10.1 Å². The molecule has 1 saturated heterocycles. The number of ether oxygens (including phenoxy) is 1. The van der Waals surface area contributed by atoms with Crippen LogP contribution < -0.4 is 4.74 Å². The zero-order valence-corrected chi connectivity index (χ0v) is 14.0. The Balaban J connectivity index is 1.84. The Morgan fingerprint density at radius 2 is 2.22 bits per heavy atom. The van der Waals surface area contributed by atoms with Gasteiger partial charge in [-0.2, -0.15) is 0 Å². The molecule has 0 spiro atoms. The highest BCUT2D eigenvalue weighted by Gasteiger charge is 2.31. The number of para-hydroxylation sites is 1. The zero-order valence-electron chi connectivity index (χ0n) is 14.0. The van der Waals surface area contributed by atoms with Gasteiger partial charge in [-0.15, -0.1) is 0 Å². The van der Waals surface area contributed by atoms with E-state index < -0.39 is 0 Å². The quantitative estimate of drug-likeness (QED) is 0.910. The van der Waals surface area contributed by atoms with Crippen LogP contribution in [-0.2, 0) is 6.54 Å². The van der Waals surface area contributed by atoms with E-state index in [4.69, 9.17) is 9.26 Å². The van der Waals surface area contributed by atoms with Crippen LogP contribution in [0.4, 0.5) is 0 Å². The fraction of sp³-hybridized carbons (Fsp3) is 0.500. The third kappa shape index (κ3) is 3.06. The minimum Gasteiger partial charge on any atom is -0.504 e. The van der Waals surface area contributed by atoms with Crippen LogP contribution in [0.5, 0.6) is 11.5 Å². The van der Waals surface area contributed by atoms with E-state index in [1.165, 1.54) is 5.56 Å². The number of aromatic hydroxyl groups is 1. The van der Waals surface area contributed by atoms with E-state index in [9.17, 15) is 5.11 Å². The van der Waals surface area contributed by atoms with Crippen molar-refractivity contribution >= 4 is 0 Å². The van der Waals surface area contributed by atoms with Crippen molar-refractivity contribution in [3.05, 3.63) is 40.8 Å². The van der Waals surface area contributed by atoms with Crippen LogP contribution in [0.2, 0.25) is 0 Å². The van der Waals surface area contributed by atoms with Crippen molar-refractivity contribution in [2.45, 2.75) is 46.2 Å². The summed E-state index contributed by atoms with van der Waals surface area (Å²) in [7, 11) is 0. The summed E-state index contributed by atoms with van der Waals surface area (Å²) >= 11 is 0. The summed E-state index contributed by atoms with van der Waals surface area (Å²) in [4.78, 5) is 2.39. The molecule has 0 radical (unpaired) electrons. The number of aromatic nitrogens is 1. The second-order valence-electron chi connectivity index (χ2n) is 6.06. The lowest BCUT2D eigenvalue weighted by atomic mass is 10.0. The Bertz CT molecular complexity index is 661. The monoisotopic (exact) mass is 316 g/mol. The summed E-state index contributed by atoms with van der Waals surface area (Å²) in [5.74, 6) is 1.70. The van der Waals surface area contributed by atoms with Crippen LogP contribution in [-0.4, -0.2) is 28.3 Å². The number of hydrogen-bond donors (Lipinski definition) is 1. The Morgan fingerprint density at radius 1 is 1.39 bits per heavy atom. The molecule has 5 heteroatoms. The van der Waals surface area contributed by atoms with Gasteiger partial charge in [0.2, 0.25) is 0 Å². The van der Waals surface area contributed by atoms with Gasteiger partial charge in [0, 0.05) is 23.7 Å². The average molecular weight is 316 g/mol. The van der Waals surface area contributed by atoms with Gasteiger partial charge < -0.3 is 14.4 Å². The molecule has 3 rings (SSSR count). The van der Waals surface area contributed by atoms with Crippen molar-refractivity contribution in [3.63, 3.8) is 0 Å². The molecule has 0 aliphatic carbocycles. The van der Waals surface area contributed by atoms with E-state index in [1.807, 2.05) is 32.9 Å². The molecule has 124 valence electrons. The summed E-state index contributed by atoms with van der Waals surface area (Å²) in [5.41, 5.74) is 3.06. The molecule has 2 heterocycles. The van der Waals surface area contributed by atoms with Crippen LogP contribution in [0.15, 0.2) is 22.7 Å². The van der Waals surface area contributed by atoms with E-state index in [-0.39, 0.29) is 5.75 Å². The maximum Gasteiger partial charge on any atom is 0.162 e. The Hall–Kier alpha value is -2.01.